The Morgan fingerprint density at radius 3 is 2.70 bits per heavy atom. The van der Waals surface area contributed by atoms with Crippen LogP contribution in [-0.4, -0.2) is 45.2 Å². The van der Waals surface area contributed by atoms with Crippen LogP contribution in [0.4, 0.5) is 0 Å². The molecule has 1 aliphatic rings. The topological polar surface area (TPSA) is 73.7 Å². The highest BCUT2D eigenvalue weighted by atomic mass is 32.1. The minimum absolute atomic E-state index is 0.369. The second-order valence-corrected chi connectivity index (χ2v) is 6.87. The number of aromatic nitrogens is 1. The zero-order valence-electron chi connectivity index (χ0n) is 12.8. The van der Waals surface area contributed by atoms with E-state index in [2.05, 4.69) is 11.6 Å². The van der Waals surface area contributed by atoms with Crippen molar-refractivity contribution in [3.05, 3.63) is 41.9 Å². The lowest BCUT2D eigenvalue weighted by Crippen LogP contribution is -2.45. The van der Waals surface area contributed by atoms with Gasteiger partial charge in [-0.2, -0.15) is 0 Å². The molecular weight excluding hydrogens is 312 g/mol. The predicted octanol–water partition coefficient (Wildman–Crippen LogP) is 2.12. The molecule has 2 aromatic rings. The van der Waals surface area contributed by atoms with Crippen molar-refractivity contribution in [3.63, 3.8) is 0 Å². The second-order valence-electron chi connectivity index (χ2n) is 5.81. The number of thiazole rings is 1. The fourth-order valence-electron chi connectivity index (χ4n) is 2.83. The van der Waals surface area contributed by atoms with Gasteiger partial charge in [-0.3, -0.25) is 4.79 Å². The van der Waals surface area contributed by atoms with Crippen LogP contribution in [0.25, 0.3) is 10.2 Å². The van der Waals surface area contributed by atoms with Crippen molar-refractivity contribution >= 4 is 27.5 Å². The van der Waals surface area contributed by atoms with Gasteiger partial charge in [-0.1, -0.05) is 18.2 Å². The standard InChI is InChI=1S/C17H20N2O3S/c1-2-11-7-9-19(10-8-11)17(22)15(21)14(20)16-18-12-5-3-4-6-13(12)23-16/h2-6,11,14-15,20-21H,1,7-10H2. The zero-order valence-corrected chi connectivity index (χ0v) is 13.6. The van der Waals surface area contributed by atoms with Crippen molar-refractivity contribution < 1.29 is 15.0 Å². The van der Waals surface area contributed by atoms with Crippen molar-refractivity contribution in [2.45, 2.75) is 25.0 Å². The van der Waals surface area contributed by atoms with E-state index in [0.717, 1.165) is 23.1 Å². The van der Waals surface area contributed by atoms with Crippen molar-refractivity contribution in [1.29, 1.82) is 0 Å². The summed E-state index contributed by atoms with van der Waals surface area (Å²) in [6.07, 6.45) is 0.833. The minimum Gasteiger partial charge on any atom is -0.383 e. The van der Waals surface area contributed by atoms with Gasteiger partial charge in [0.25, 0.3) is 5.91 Å². The molecule has 23 heavy (non-hydrogen) atoms. The highest BCUT2D eigenvalue weighted by Crippen LogP contribution is 2.29. The second kappa shape index (κ2) is 6.78. The number of nitrogens with zero attached hydrogens (tertiary/aromatic N) is 2. The van der Waals surface area contributed by atoms with Gasteiger partial charge in [-0.25, -0.2) is 4.98 Å². The Hall–Kier alpha value is -1.76. The maximum atomic E-state index is 12.4. The van der Waals surface area contributed by atoms with Gasteiger partial charge in [-0.05, 0) is 30.9 Å². The van der Waals surface area contributed by atoms with Gasteiger partial charge in [0, 0.05) is 13.1 Å². The summed E-state index contributed by atoms with van der Waals surface area (Å²) in [4.78, 5) is 18.3. The number of piperidine rings is 1. The number of carbonyl (C=O) groups excluding carboxylic acids is 1. The maximum absolute atomic E-state index is 12.4. The summed E-state index contributed by atoms with van der Waals surface area (Å²) in [7, 11) is 0. The highest BCUT2D eigenvalue weighted by Gasteiger charge is 2.33. The number of rotatable bonds is 4. The van der Waals surface area contributed by atoms with Gasteiger partial charge < -0.3 is 15.1 Å². The first-order valence-electron chi connectivity index (χ1n) is 7.73. The van der Waals surface area contributed by atoms with Gasteiger partial charge in [0.2, 0.25) is 0 Å². The predicted molar refractivity (Wildman–Crippen MR) is 90.1 cm³/mol. The molecule has 0 bridgehead atoms. The first kappa shape index (κ1) is 16.1. The summed E-state index contributed by atoms with van der Waals surface area (Å²) >= 11 is 1.30. The molecule has 1 aromatic heterocycles. The number of allylic oxidation sites excluding steroid dienone is 1. The molecular formula is C17H20N2O3S. The maximum Gasteiger partial charge on any atom is 0.254 e. The summed E-state index contributed by atoms with van der Waals surface area (Å²) in [5, 5.41) is 20.9. The van der Waals surface area contributed by atoms with Gasteiger partial charge >= 0.3 is 0 Å². The third kappa shape index (κ3) is 3.29. The van der Waals surface area contributed by atoms with Crippen molar-refractivity contribution in [3.8, 4) is 0 Å². The highest BCUT2D eigenvalue weighted by molar-refractivity contribution is 7.18. The van der Waals surface area contributed by atoms with Crippen molar-refractivity contribution in [2.75, 3.05) is 13.1 Å². The number of hydrogen-bond donors (Lipinski definition) is 2. The average Bonchev–Trinajstić information content (AvgIpc) is 3.04. The fraction of sp³-hybridized carbons (Fsp3) is 0.412. The number of aliphatic hydroxyl groups excluding tert-OH is 2. The Morgan fingerprint density at radius 2 is 2.04 bits per heavy atom. The number of hydrogen-bond acceptors (Lipinski definition) is 5. The van der Waals surface area contributed by atoms with Crippen LogP contribution in [0, 0.1) is 5.92 Å². The molecule has 122 valence electrons. The molecule has 0 spiro atoms. The van der Waals surface area contributed by atoms with Crippen LogP contribution in [0.2, 0.25) is 0 Å². The largest absolute Gasteiger partial charge is 0.383 e. The number of benzene rings is 1. The van der Waals surface area contributed by atoms with Crippen LogP contribution < -0.4 is 0 Å². The minimum atomic E-state index is -1.48. The number of likely N-dealkylation sites (tertiary alicyclic amines) is 1. The fourth-order valence-corrected chi connectivity index (χ4v) is 3.81. The molecule has 1 saturated heterocycles. The summed E-state index contributed by atoms with van der Waals surface area (Å²) in [6.45, 7) is 4.94. The molecule has 2 atom stereocenters. The summed E-state index contributed by atoms with van der Waals surface area (Å²) in [5.74, 6) is -0.00959. The van der Waals surface area contributed by atoms with Gasteiger partial charge in [0.05, 0.1) is 10.2 Å². The molecule has 2 unspecified atom stereocenters. The van der Waals surface area contributed by atoms with E-state index in [-0.39, 0.29) is 0 Å². The molecule has 5 nitrogen and oxygen atoms in total. The molecule has 0 radical (unpaired) electrons. The third-order valence-electron chi connectivity index (χ3n) is 4.30. The van der Waals surface area contributed by atoms with E-state index in [1.807, 2.05) is 30.3 Å². The SMILES string of the molecule is C=CC1CCN(C(=O)C(O)C(O)c2nc3ccccc3s2)CC1. The van der Waals surface area contributed by atoms with Crippen molar-refractivity contribution in [2.24, 2.45) is 5.92 Å². The van der Waals surface area contributed by atoms with E-state index in [1.165, 1.54) is 11.3 Å². The summed E-state index contributed by atoms with van der Waals surface area (Å²) in [6, 6.07) is 7.50. The number of carbonyl (C=O) groups is 1. The smallest absolute Gasteiger partial charge is 0.254 e. The Balaban J connectivity index is 1.70. The van der Waals surface area contributed by atoms with E-state index < -0.39 is 18.1 Å². The van der Waals surface area contributed by atoms with Crippen LogP contribution in [0.3, 0.4) is 0 Å². The molecule has 2 heterocycles. The molecule has 1 amide bonds. The first-order chi connectivity index (χ1) is 11.1. The first-order valence-corrected chi connectivity index (χ1v) is 8.54. The Labute approximate surface area is 138 Å². The van der Waals surface area contributed by atoms with Crippen LogP contribution in [0.5, 0.6) is 0 Å². The lowest BCUT2D eigenvalue weighted by atomic mass is 9.96. The molecule has 1 aromatic carbocycles. The van der Waals surface area contributed by atoms with Gasteiger partial charge in [0.1, 0.15) is 11.1 Å². The zero-order chi connectivity index (χ0) is 16.4. The van der Waals surface area contributed by atoms with Crippen molar-refractivity contribution in [1.82, 2.24) is 9.88 Å². The Bertz CT molecular complexity index is 674. The molecule has 6 heteroatoms. The summed E-state index contributed by atoms with van der Waals surface area (Å²) in [5.41, 5.74) is 0.762. The number of para-hydroxylation sites is 1. The molecule has 3 rings (SSSR count). The number of fused-ring (bicyclic) bond motifs is 1. The van der Waals surface area contributed by atoms with E-state index in [9.17, 15) is 15.0 Å². The Kier molecular flexibility index (Phi) is 4.75. The lowest BCUT2D eigenvalue weighted by molar-refractivity contribution is -0.147. The van der Waals surface area contributed by atoms with Crippen LogP contribution in [-0.2, 0) is 4.79 Å². The Morgan fingerprint density at radius 1 is 1.35 bits per heavy atom. The van der Waals surface area contributed by atoms with E-state index in [4.69, 9.17) is 0 Å². The van der Waals surface area contributed by atoms with Gasteiger partial charge in [-0.15, -0.1) is 17.9 Å². The van der Waals surface area contributed by atoms with Gasteiger partial charge in [0.15, 0.2) is 6.10 Å². The van der Waals surface area contributed by atoms with Crippen LogP contribution in [0.15, 0.2) is 36.9 Å². The third-order valence-corrected chi connectivity index (χ3v) is 5.41. The molecule has 2 N–H and O–H groups in total. The summed E-state index contributed by atoms with van der Waals surface area (Å²) < 4.78 is 0.924. The molecule has 0 aliphatic carbocycles. The molecule has 0 saturated carbocycles. The average molecular weight is 332 g/mol. The quantitative estimate of drug-likeness (QED) is 0.841. The normalized spacial score (nSPS) is 18.8. The van der Waals surface area contributed by atoms with E-state index in [0.29, 0.717) is 24.0 Å². The monoisotopic (exact) mass is 332 g/mol. The molecule has 1 fully saturated rings. The number of aliphatic hydroxyl groups is 2. The number of amides is 1. The lowest BCUT2D eigenvalue weighted by Gasteiger charge is -2.32. The van der Waals surface area contributed by atoms with Crippen LogP contribution >= 0.6 is 11.3 Å². The van der Waals surface area contributed by atoms with Crippen LogP contribution in [0.1, 0.15) is 24.0 Å². The van der Waals surface area contributed by atoms with E-state index >= 15 is 0 Å². The van der Waals surface area contributed by atoms with E-state index in [1.54, 1.807) is 4.90 Å². The molecule has 1 aliphatic heterocycles.